The number of rotatable bonds is 2. The molecule has 0 amide bonds. The van der Waals surface area contributed by atoms with Crippen LogP contribution in [0.1, 0.15) is 32.2 Å². The van der Waals surface area contributed by atoms with Gasteiger partial charge in [0, 0.05) is 16.5 Å². The van der Waals surface area contributed by atoms with Crippen molar-refractivity contribution in [3.8, 4) is 6.07 Å². The summed E-state index contributed by atoms with van der Waals surface area (Å²) in [7, 11) is 0. The van der Waals surface area contributed by atoms with E-state index in [0.717, 1.165) is 0 Å². The number of hydrogen-bond acceptors (Lipinski definition) is 4. The zero-order chi connectivity index (χ0) is 15.6. The number of halogens is 2. The molecule has 0 saturated carbocycles. The Morgan fingerprint density at radius 3 is 2.57 bits per heavy atom. The Labute approximate surface area is 137 Å². The van der Waals surface area contributed by atoms with Crippen molar-refractivity contribution in [2.75, 3.05) is 5.32 Å². The van der Waals surface area contributed by atoms with Gasteiger partial charge in [-0.2, -0.15) is 5.26 Å². The quantitative estimate of drug-likeness (QED) is 0.776. The second-order valence-corrected chi connectivity index (χ2v) is 6.83. The number of nitriles is 1. The molecule has 0 aliphatic carbocycles. The zero-order valence-corrected chi connectivity index (χ0v) is 14.2. The van der Waals surface area contributed by atoms with Gasteiger partial charge in [-0.05, 0) is 34.1 Å². The van der Waals surface area contributed by atoms with Crippen molar-refractivity contribution in [2.45, 2.75) is 26.2 Å². The highest BCUT2D eigenvalue weighted by atomic mass is 79.9. The third-order valence-corrected chi connectivity index (χ3v) is 3.37. The number of aromatic nitrogens is 2. The first-order chi connectivity index (χ1) is 9.79. The van der Waals surface area contributed by atoms with Crippen LogP contribution >= 0.6 is 27.5 Å². The molecular weight excluding hydrogens is 352 g/mol. The largest absolute Gasteiger partial charge is 0.339 e. The summed E-state index contributed by atoms with van der Waals surface area (Å²) in [6.45, 7) is 6.12. The molecule has 0 unspecified atom stereocenters. The normalized spacial score (nSPS) is 11.0. The van der Waals surface area contributed by atoms with Crippen LogP contribution in [0.5, 0.6) is 0 Å². The van der Waals surface area contributed by atoms with Crippen molar-refractivity contribution in [2.24, 2.45) is 0 Å². The van der Waals surface area contributed by atoms with Crippen LogP contribution in [0.25, 0.3) is 0 Å². The van der Waals surface area contributed by atoms with Crippen LogP contribution in [-0.4, -0.2) is 9.97 Å². The van der Waals surface area contributed by atoms with Crippen LogP contribution in [0.2, 0.25) is 5.02 Å². The molecular formula is C15H14BrClN4. The van der Waals surface area contributed by atoms with E-state index in [4.69, 9.17) is 16.9 Å². The number of nitrogens with one attached hydrogen (secondary N) is 1. The first-order valence-corrected chi connectivity index (χ1v) is 7.48. The molecule has 0 radical (unpaired) electrons. The fourth-order valence-electron chi connectivity index (χ4n) is 1.67. The molecule has 1 aromatic carbocycles. The first kappa shape index (κ1) is 15.7. The van der Waals surface area contributed by atoms with Crippen molar-refractivity contribution >= 4 is 39.0 Å². The zero-order valence-electron chi connectivity index (χ0n) is 11.9. The average Bonchev–Trinajstić information content (AvgIpc) is 2.37. The predicted molar refractivity (Wildman–Crippen MR) is 87.9 cm³/mol. The molecule has 2 rings (SSSR count). The van der Waals surface area contributed by atoms with E-state index in [2.05, 4.69) is 37.3 Å². The summed E-state index contributed by atoms with van der Waals surface area (Å²) >= 11 is 9.37. The van der Waals surface area contributed by atoms with E-state index in [-0.39, 0.29) is 5.41 Å². The lowest BCUT2D eigenvalue weighted by molar-refractivity contribution is 0.544. The average molecular weight is 366 g/mol. The highest BCUT2D eigenvalue weighted by Gasteiger charge is 2.19. The molecule has 0 aliphatic rings. The molecule has 6 heteroatoms. The highest BCUT2D eigenvalue weighted by Crippen LogP contribution is 2.27. The Balaban J connectivity index is 2.43. The number of benzene rings is 1. The smallest absolute Gasteiger partial charge is 0.137 e. The van der Waals surface area contributed by atoms with E-state index < -0.39 is 0 Å². The Kier molecular flexibility index (Phi) is 4.50. The van der Waals surface area contributed by atoms with Crippen LogP contribution < -0.4 is 5.32 Å². The van der Waals surface area contributed by atoms with E-state index in [1.807, 2.05) is 20.8 Å². The minimum atomic E-state index is -0.174. The minimum Gasteiger partial charge on any atom is -0.339 e. The maximum atomic E-state index is 9.15. The lowest BCUT2D eigenvalue weighted by atomic mass is 9.96. The number of hydrogen-bond donors (Lipinski definition) is 1. The molecule has 1 heterocycles. The van der Waals surface area contributed by atoms with Crippen molar-refractivity contribution in [3.63, 3.8) is 0 Å². The van der Waals surface area contributed by atoms with E-state index >= 15 is 0 Å². The molecule has 2 aromatic rings. The van der Waals surface area contributed by atoms with E-state index in [1.165, 1.54) is 0 Å². The maximum absolute atomic E-state index is 9.15. The van der Waals surface area contributed by atoms with Gasteiger partial charge in [-0.1, -0.05) is 32.4 Å². The molecule has 108 valence electrons. The second-order valence-electron chi connectivity index (χ2n) is 5.58. The molecule has 4 nitrogen and oxygen atoms in total. The first-order valence-electron chi connectivity index (χ1n) is 6.31. The van der Waals surface area contributed by atoms with E-state index in [9.17, 15) is 0 Å². The third-order valence-electron chi connectivity index (χ3n) is 2.73. The van der Waals surface area contributed by atoms with Crippen LogP contribution in [-0.2, 0) is 5.41 Å². The van der Waals surface area contributed by atoms with Gasteiger partial charge in [0.25, 0.3) is 0 Å². The van der Waals surface area contributed by atoms with E-state index in [0.29, 0.717) is 32.5 Å². The van der Waals surface area contributed by atoms with Gasteiger partial charge in [-0.15, -0.1) is 0 Å². The summed E-state index contributed by atoms with van der Waals surface area (Å²) in [6, 6.07) is 8.94. The summed E-state index contributed by atoms with van der Waals surface area (Å²) in [5.41, 5.74) is 0.953. The third kappa shape index (κ3) is 3.93. The lowest BCUT2D eigenvalue weighted by Gasteiger charge is -2.18. The summed E-state index contributed by atoms with van der Waals surface area (Å²) in [6.07, 6.45) is 0. The van der Waals surface area contributed by atoms with Gasteiger partial charge in [0.2, 0.25) is 0 Å². The summed E-state index contributed by atoms with van der Waals surface area (Å²) < 4.78 is 0.686. The van der Waals surface area contributed by atoms with Crippen LogP contribution in [0.4, 0.5) is 11.5 Å². The van der Waals surface area contributed by atoms with Crippen molar-refractivity contribution in [1.82, 2.24) is 9.97 Å². The molecule has 0 saturated heterocycles. The molecule has 0 fully saturated rings. The van der Waals surface area contributed by atoms with Crippen LogP contribution in [0, 0.1) is 11.3 Å². The number of nitrogens with zero attached hydrogens (tertiary/aromatic N) is 3. The fraction of sp³-hybridized carbons (Fsp3) is 0.267. The number of anilines is 2. The Bertz CT molecular complexity index is 717. The van der Waals surface area contributed by atoms with Crippen molar-refractivity contribution in [3.05, 3.63) is 45.3 Å². The molecule has 1 N–H and O–H groups in total. The summed E-state index contributed by atoms with van der Waals surface area (Å²) in [5.74, 6) is 1.32. The predicted octanol–water partition coefficient (Wildman–Crippen LogP) is 4.81. The molecule has 21 heavy (non-hydrogen) atoms. The summed E-state index contributed by atoms with van der Waals surface area (Å²) in [5, 5.41) is 12.8. The van der Waals surface area contributed by atoms with Gasteiger partial charge < -0.3 is 5.32 Å². The Hall–Kier alpha value is -1.64. The minimum absolute atomic E-state index is 0.174. The topological polar surface area (TPSA) is 61.6 Å². The van der Waals surface area contributed by atoms with Crippen molar-refractivity contribution < 1.29 is 0 Å². The Morgan fingerprint density at radius 2 is 1.95 bits per heavy atom. The molecule has 0 atom stereocenters. The van der Waals surface area contributed by atoms with Crippen molar-refractivity contribution in [1.29, 1.82) is 5.26 Å². The molecule has 1 aromatic heterocycles. The van der Waals surface area contributed by atoms with Crippen LogP contribution in [0.3, 0.4) is 0 Å². The molecule has 0 spiro atoms. The lowest BCUT2D eigenvalue weighted by Crippen LogP contribution is -2.17. The Morgan fingerprint density at radius 1 is 1.24 bits per heavy atom. The summed E-state index contributed by atoms with van der Waals surface area (Å²) in [4.78, 5) is 8.88. The van der Waals surface area contributed by atoms with E-state index in [1.54, 1.807) is 24.3 Å². The standard InChI is InChI=1S/C15H14BrClN4/c1-15(2,3)14-20-12(16)7-13(21-14)19-11-6-10(17)5-4-9(11)8-18/h4-7H,1-3H3,(H,19,20,21). The SMILES string of the molecule is CC(C)(C)c1nc(Br)cc(Nc2cc(Cl)ccc2C#N)n1. The molecule has 0 aliphatic heterocycles. The van der Waals surface area contributed by atoms with Gasteiger partial charge in [-0.25, -0.2) is 9.97 Å². The fourth-order valence-corrected chi connectivity index (χ4v) is 2.23. The van der Waals surface area contributed by atoms with Gasteiger partial charge >= 0.3 is 0 Å². The monoisotopic (exact) mass is 364 g/mol. The van der Waals surface area contributed by atoms with Crippen LogP contribution in [0.15, 0.2) is 28.9 Å². The maximum Gasteiger partial charge on any atom is 0.137 e. The van der Waals surface area contributed by atoms with Gasteiger partial charge in [0.1, 0.15) is 22.3 Å². The second kappa shape index (κ2) is 6.00. The van der Waals surface area contributed by atoms with Gasteiger partial charge in [-0.3, -0.25) is 0 Å². The van der Waals surface area contributed by atoms with Gasteiger partial charge in [0.05, 0.1) is 11.3 Å². The van der Waals surface area contributed by atoms with Gasteiger partial charge in [0.15, 0.2) is 0 Å². The molecule has 0 bridgehead atoms. The highest BCUT2D eigenvalue weighted by molar-refractivity contribution is 9.10.